The zero-order valence-electron chi connectivity index (χ0n) is 14.2. The van der Waals surface area contributed by atoms with Gasteiger partial charge in [-0.05, 0) is 24.3 Å². The maximum absolute atomic E-state index is 12.5. The molecule has 0 unspecified atom stereocenters. The van der Waals surface area contributed by atoms with Gasteiger partial charge in [0.2, 0.25) is 5.13 Å². The van der Waals surface area contributed by atoms with E-state index in [0.29, 0.717) is 15.8 Å². The molecule has 0 saturated carbocycles. The number of nitrogens with zero attached hydrogens (tertiary/aromatic N) is 4. The number of hydrogen-bond acceptors (Lipinski definition) is 7. The molecule has 3 heterocycles. The highest BCUT2D eigenvalue weighted by Crippen LogP contribution is 2.28. The molecule has 0 aliphatic rings. The summed E-state index contributed by atoms with van der Waals surface area (Å²) >= 11 is 1.18. The van der Waals surface area contributed by atoms with Crippen LogP contribution in [0.1, 0.15) is 5.56 Å². The van der Waals surface area contributed by atoms with Gasteiger partial charge in [-0.3, -0.25) is 10.3 Å². The maximum Gasteiger partial charge on any atom is 0.417 e. The minimum atomic E-state index is -4.42. The van der Waals surface area contributed by atoms with Gasteiger partial charge in [-0.15, -0.1) is 10.2 Å². The third-order valence-corrected chi connectivity index (χ3v) is 4.20. The summed E-state index contributed by atoms with van der Waals surface area (Å²) in [6.45, 7) is 0.502. The van der Waals surface area contributed by atoms with Crippen LogP contribution in [0.15, 0.2) is 42.7 Å². The van der Waals surface area contributed by atoms with E-state index in [1.165, 1.54) is 17.4 Å². The topological polar surface area (TPSA) is 105 Å². The molecule has 0 fully saturated rings. The van der Waals surface area contributed by atoms with Crippen molar-refractivity contribution in [2.75, 3.05) is 23.7 Å². The van der Waals surface area contributed by atoms with E-state index in [9.17, 15) is 18.0 Å². The Hall–Kier alpha value is -3.28. The number of anilines is 2. The predicted molar refractivity (Wildman–Crippen MR) is 97.9 cm³/mol. The summed E-state index contributed by atoms with van der Waals surface area (Å²) in [5.74, 6) is 0.277. The number of carbonyl (C=O) groups excluding carboxylic acids is 1. The highest BCUT2D eigenvalue weighted by molar-refractivity contribution is 7.18. The van der Waals surface area contributed by atoms with Crippen LogP contribution in [0.3, 0.4) is 0 Å². The van der Waals surface area contributed by atoms with Gasteiger partial charge in [0.1, 0.15) is 11.5 Å². The average molecular weight is 409 g/mol. The Kier molecular flexibility index (Phi) is 5.99. The quantitative estimate of drug-likeness (QED) is 0.540. The normalized spacial score (nSPS) is 11.1. The van der Waals surface area contributed by atoms with Crippen LogP contribution in [0.4, 0.5) is 28.9 Å². The Labute approximate surface area is 161 Å². The molecule has 8 nitrogen and oxygen atoms in total. The van der Waals surface area contributed by atoms with Crippen molar-refractivity contribution in [3.63, 3.8) is 0 Å². The van der Waals surface area contributed by atoms with Gasteiger partial charge < -0.3 is 10.6 Å². The van der Waals surface area contributed by atoms with Crippen molar-refractivity contribution in [3.8, 4) is 10.7 Å². The lowest BCUT2D eigenvalue weighted by Crippen LogP contribution is -2.32. The molecule has 0 aromatic carbocycles. The van der Waals surface area contributed by atoms with E-state index < -0.39 is 17.8 Å². The fraction of sp³-hybridized carbons (Fsp3) is 0.188. The van der Waals surface area contributed by atoms with Gasteiger partial charge in [-0.2, -0.15) is 13.2 Å². The molecule has 0 aliphatic carbocycles. The van der Waals surface area contributed by atoms with Crippen molar-refractivity contribution in [2.45, 2.75) is 6.18 Å². The Morgan fingerprint density at radius 1 is 1.07 bits per heavy atom. The maximum atomic E-state index is 12.5. The highest BCUT2D eigenvalue weighted by Gasteiger charge is 2.30. The van der Waals surface area contributed by atoms with E-state index in [4.69, 9.17) is 0 Å². The average Bonchev–Trinajstić information content (AvgIpc) is 3.14. The standard InChI is InChI=1S/C16H14F3N7OS/c17-16(18,19)10-4-5-12(23-9-10)21-7-8-22-14(27)24-15-26-25-13(28-15)11-3-1-2-6-20-11/h1-6,9H,7-8H2,(H,21,23)(H2,22,24,26,27). The number of carbonyl (C=O) groups is 1. The molecular weight excluding hydrogens is 395 g/mol. The molecular formula is C16H14F3N7OS. The first-order chi connectivity index (χ1) is 13.4. The third-order valence-electron chi connectivity index (χ3n) is 3.34. The van der Waals surface area contributed by atoms with E-state index in [-0.39, 0.29) is 18.9 Å². The summed E-state index contributed by atoms with van der Waals surface area (Å²) in [6, 6.07) is 7.07. The summed E-state index contributed by atoms with van der Waals surface area (Å²) in [5.41, 5.74) is -0.167. The molecule has 12 heteroatoms. The van der Waals surface area contributed by atoms with Crippen LogP contribution < -0.4 is 16.0 Å². The fourth-order valence-corrected chi connectivity index (χ4v) is 2.76. The number of pyridine rings is 2. The summed E-state index contributed by atoms with van der Waals surface area (Å²) in [6.07, 6.45) is -2.04. The highest BCUT2D eigenvalue weighted by atomic mass is 32.1. The number of nitrogens with one attached hydrogen (secondary N) is 3. The molecule has 0 radical (unpaired) electrons. The second kappa shape index (κ2) is 8.61. The van der Waals surface area contributed by atoms with Crippen molar-refractivity contribution in [2.24, 2.45) is 0 Å². The first-order valence-corrected chi connectivity index (χ1v) is 8.80. The van der Waals surface area contributed by atoms with E-state index in [1.807, 2.05) is 6.07 Å². The lowest BCUT2D eigenvalue weighted by Gasteiger charge is -2.09. The Morgan fingerprint density at radius 2 is 1.93 bits per heavy atom. The minimum absolute atomic E-state index is 0.223. The van der Waals surface area contributed by atoms with Crippen LogP contribution in [0.2, 0.25) is 0 Å². The summed E-state index contributed by atoms with van der Waals surface area (Å²) in [4.78, 5) is 19.7. The lowest BCUT2D eigenvalue weighted by atomic mass is 10.3. The molecule has 3 aromatic heterocycles. The number of hydrogen-bond donors (Lipinski definition) is 3. The summed E-state index contributed by atoms with van der Waals surface area (Å²) < 4.78 is 37.4. The fourth-order valence-electron chi connectivity index (χ4n) is 2.04. The van der Waals surface area contributed by atoms with E-state index >= 15 is 0 Å². The monoisotopic (exact) mass is 409 g/mol. The van der Waals surface area contributed by atoms with Crippen LogP contribution in [0.5, 0.6) is 0 Å². The zero-order chi connectivity index (χ0) is 20.0. The van der Waals surface area contributed by atoms with Crippen molar-refractivity contribution in [1.29, 1.82) is 0 Å². The van der Waals surface area contributed by atoms with Gasteiger partial charge >= 0.3 is 12.2 Å². The van der Waals surface area contributed by atoms with Crippen LogP contribution in [-0.2, 0) is 6.18 Å². The smallest absolute Gasteiger partial charge is 0.368 e. The number of urea groups is 1. The molecule has 3 N–H and O–H groups in total. The van der Waals surface area contributed by atoms with Crippen LogP contribution >= 0.6 is 11.3 Å². The Balaban J connectivity index is 1.41. The molecule has 2 amide bonds. The third kappa shape index (κ3) is 5.36. The van der Waals surface area contributed by atoms with E-state index in [2.05, 4.69) is 36.1 Å². The first-order valence-electron chi connectivity index (χ1n) is 7.99. The molecule has 3 rings (SSSR count). The molecule has 0 saturated heterocycles. The number of aromatic nitrogens is 4. The first kappa shape index (κ1) is 19.5. The van der Waals surface area contributed by atoms with Gasteiger partial charge in [0, 0.05) is 25.5 Å². The molecule has 28 heavy (non-hydrogen) atoms. The Morgan fingerprint density at radius 3 is 2.61 bits per heavy atom. The van der Waals surface area contributed by atoms with Gasteiger partial charge in [-0.1, -0.05) is 17.4 Å². The molecule has 0 spiro atoms. The largest absolute Gasteiger partial charge is 0.417 e. The lowest BCUT2D eigenvalue weighted by molar-refractivity contribution is -0.137. The number of alkyl halides is 3. The van der Waals surface area contributed by atoms with Crippen molar-refractivity contribution >= 4 is 28.3 Å². The van der Waals surface area contributed by atoms with Crippen molar-refractivity contribution in [3.05, 3.63) is 48.3 Å². The van der Waals surface area contributed by atoms with Gasteiger partial charge in [0.15, 0.2) is 5.01 Å². The number of amides is 2. The van der Waals surface area contributed by atoms with Gasteiger partial charge in [-0.25, -0.2) is 9.78 Å². The summed E-state index contributed by atoms with van der Waals surface area (Å²) in [7, 11) is 0. The van der Waals surface area contributed by atoms with Gasteiger partial charge in [0.25, 0.3) is 0 Å². The second-order valence-corrected chi connectivity index (χ2v) is 6.34. The van der Waals surface area contributed by atoms with Crippen LogP contribution in [0.25, 0.3) is 10.7 Å². The van der Waals surface area contributed by atoms with E-state index in [1.54, 1.807) is 18.3 Å². The SMILES string of the molecule is O=C(NCCNc1ccc(C(F)(F)F)cn1)Nc1nnc(-c2ccccn2)s1. The molecule has 3 aromatic rings. The Bertz CT molecular complexity index is 916. The molecule has 0 atom stereocenters. The number of rotatable bonds is 6. The second-order valence-electron chi connectivity index (χ2n) is 5.36. The number of halogens is 3. The van der Waals surface area contributed by atoms with Crippen LogP contribution in [0, 0.1) is 0 Å². The molecule has 146 valence electrons. The minimum Gasteiger partial charge on any atom is -0.368 e. The predicted octanol–water partition coefficient (Wildman–Crippen LogP) is 3.25. The van der Waals surface area contributed by atoms with Crippen LogP contribution in [-0.4, -0.2) is 39.3 Å². The molecule has 0 bridgehead atoms. The van der Waals surface area contributed by atoms with E-state index in [0.717, 1.165) is 12.3 Å². The van der Waals surface area contributed by atoms with Gasteiger partial charge in [0.05, 0.1) is 5.56 Å². The molecule has 0 aliphatic heterocycles. The van der Waals surface area contributed by atoms with Crippen molar-refractivity contribution in [1.82, 2.24) is 25.5 Å². The van der Waals surface area contributed by atoms with Crippen molar-refractivity contribution < 1.29 is 18.0 Å². The summed E-state index contributed by atoms with van der Waals surface area (Å²) in [5, 5.41) is 16.7. The zero-order valence-corrected chi connectivity index (χ0v) is 15.0.